The van der Waals surface area contributed by atoms with E-state index in [2.05, 4.69) is 0 Å². The van der Waals surface area contributed by atoms with Crippen LogP contribution in [0, 0.1) is 6.92 Å². The average Bonchev–Trinajstić information content (AvgIpc) is 2.58. The molecule has 1 aromatic rings. The quantitative estimate of drug-likeness (QED) is 0.866. The number of amides is 1. The van der Waals surface area contributed by atoms with Crippen molar-refractivity contribution in [3.05, 3.63) is 23.5 Å². The normalized spacial score (nSPS) is 10.7. The lowest BCUT2D eigenvalue weighted by Crippen LogP contribution is -2.39. The van der Waals surface area contributed by atoms with E-state index in [-0.39, 0.29) is 24.9 Å². The summed E-state index contributed by atoms with van der Waals surface area (Å²) in [6, 6.07) is 3.63. The molecule has 0 aromatic carbocycles. The SMILES string of the molecule is Cc1ccc(C(=O)N(CCC(=O)O)C(C)C)n1C. The molecule has 0 spiro atoms. The second kappa shape index (κ2) is 5.71. The molecule has 1 aromatic heterocycles. The van der Waals surface area contributed by atoms with Crippen LogP contribution in [0.4, 0.5) is 0 Å². The fraction of sp³-hybridized carbons (Fsp3) is 0.538. The lowest BCUT2D eigenvalue weighted by atomic mass is 10.2. The number of aryl methyl sites for hydroxylation is 1. The molecule has 100 valence electrons. The molecule has 1 heterocycles. The number of aromatic nitrogens is 1. The van der Waals surface area contributed by atoms with Crippen molar-refractivity contribution in [3.63, 3.8) is 0 Å². The number of rotatable bonds is 5. The van der Waals surface area contributed by atoms with Gasteiger partial charge in [0.2, 0.25) is 0 Å². The van der Waals surface area contributed by atoms with Crippen LogP contribution in [0.25, 0.3) is 0 Å². The number of carboxylic acids is 1. The topological polar surface area (TPSA) is 62.5 Å². The molecular formula is C13H20N2O3. The van der Waals surface area contributed by atoms with E-state index >= 15 is 0 Å². The number of carboxylic acid groups (broad SMARTS) is 1. The molecule has 0 saturated heterocycles. The Morgan fingerprint density at radius 2 is 2.00 bits per heavy atom. The molecule has 1 amide bonds. The Balaban J connectivity index is 2.89. The number of hydrogen-bond acceptors (Lipinski definition) is 2. The number of nitrogens with zero attached hydrogens (tertiary/aromatic N) is 2. The summed E-state index contributed by atoms with van der Waals surface area (Å²) >= 11 is 0. The summed E-state index contributed by atoms with van der Waals surface area (Å²) in [5.41, 5.74) is 1.59. The molecule has 0 aliphatic rings. The average molecular weight is 252 g/mol. The van der Waals surface area contributed by atoms with Crippen LogP contribution >= 0.6 is 0 Å². The number of carbonyl (C=O) groups excluding carboxylic acids is 1. The molecule has 1 N–H and O–H groups in total. The van der Waals surface area contributed by atoms with Gasteiger partial charge in [0.25, 0.3) is 5.91 Å². The van der Waals surface area contributed by atoms with E-state index in [0.717, 1.165) is 5.69 Å². The maximum absolute atomic E-state index is 12.3. The summed E-state index contributed by atoms with van der Waals surface area (Å²) in [5, 5.41) is 8.71. The first-order valence-electron chi connectivity index (χ1n) is 5.99. The Morgan fingerprint density at radius 1 is 1.39 bits per heavy atom. The highest BCUT2D eigenvalue weighted by atomic mass is 16.4. The van der Waals surface area contributed by atoms with E-state index in [0.29, 0.717) is 5.69 Å². The number of carbonyl (C=O) groups is 2. The minimum absolute atomic E-state index is 0.0212. The van der Waals surface area contributed by atoms with Crippen molar-refractivity contribution in [1.29, 1.82) is 0 Å². The van der Waals surface area contributed by atoms with Gasteiger partial charge in [0.05, 0.1) is 6.42 Å². The molecule has 5 heteroatoms. The lowest BCUT2D eigenvalue weighted by molar-refractivity contribution is -0.137. The third-order valence-corrected chi connectivity index (χ3v) is 3.04. The van der Waals surface area contributed by atoms with Crippen LogP contribution in [0.1, 0.15) is 36.5 Å². The van der Waals surface area contributed by atoms with E-state index in [9.17, 15) is 9.59 Å². The highest BCUT2D eigenvalue weighted by Gasteiger charge is 2.21. The molecule has 0 atom stereocenters. The van der Waals surface area contributed by atoms with Crippen LogP contribution in [0.3, 0.4) is 0 Å². The third kappa shape index (κ3) is 3.12. The summed E-state index contributed by atoms with van der Waals surface area (Å²) in [6.07, 6.45) is -0.0344. The van der Waals surface area contributed by atoms with Crippen LogP contribution in [0.5, 0.6) is 0 Å². The van der Waals surface area contributed by atoms with Crippen LogP contribution < -0.4 is 0 Å². The number of aliphatic carboxylic acids is 1. The van der Waals surface area contributed by atoms with Crippen molar-refractivity contribution in [3.8, 4) is 0 Å². The summed E-state index contributed by atoms with van der Waals surface area (Å²) in [4.78, 5) is 24.5. The Morgan fingerprint density at radius 3 is 2.39 bits per heavy atom. The summed E-state index contributed by atoms with van der Waals surface area (Å²) in [5.74, 6) is -1.02. The minimum atomic E-state index is -0.892. The van der Waals surface area contributed by atoms with Gasteiger partial charge in [-0.1, -0.05) is 0 Å². The smallest absolute Gasteiger partial charge is 0.305 e. The Bertz CT molecular complexity index is 449. The molecule has 0 aliphatic carbocycles. The third-order valence-electron chi connectivity index (χ3n) is 3.04. The summed E-state index contributed by atoms with van der Waals surface area (Å²) < 4.78 is 1.82. The second-order valence-electron chi connectivity index (χ2n) is 4.66. The van der Waals surface area contributed by atoms with Crippen LogP contribution in [-0.4, -0.2) is 39.0 Å². The maximum atomic E-state index is 12.3. The monoisotopic (exact) mass is 252 g/mol. The van der Waals surface area contributed by atoms with Crippen molar-refractivity contribution >= 4 is 11.9 Å². The largest absolute Gasteiger partial charge is 0.481 e. The Labute approximate surface area is 107 Å². The Hall–Kier alpha value is -1.78. The van der Waals surface area contributed by atoms with Crippen molar-refractivity contribution in [2.45, 2.75) is 33.2 Å². The molecule has 5 nitrogen and oxygen atoms in total. The van der Waals surface area contributed by atoms with E-state index < -0.39 is 5.97 Å². The second-order valence-corrected chi connectivity index (χ2v) is 4.66. The first-order chi connectivity index (χ1) is 8.34. The first-order valence-corrected chi connectivity index (χ1v) is 5.99. The molecule has 1 rings (SSSR count). The fourth-order valence-electron chi connectivity index (χ4n) is 1.79. The lowest BCUT2D eigenvalue weighted by Gasteiger charge is -2.26. The van der Waals surface area contributed by atoms with E-state index in [1.54, 1.807) is 11.0 Å². The molecule has 0 fully saturated rings. The molecule has 18 heavy (non-hydrogen) atoms. The highest BCUT2D eigenvalue weighted by molar-refractivity contribution is 5.93. The standard InChI is InChI=1S/C13H20N2O3/c1-9(2)15(8-7-12(16)17)13(18)11-6-5-10(3)14(11)4/h5-6,9H,7-8H2,1-4H3,(H,16,17). The van der Waals surface area contributed by atoms with Gasteiger partial charge in [-0.25, -0.2) is 0 Å². The zero-order valence-electron chi connectivity index (χ0n) is 11.3. The molecule has 0 saturated carbocycles. The van der Waals surface area contributed by atoms with Gasteiger partial charge in [0.15, 0.2) is 0 Å². The summed E-state index contributed by atoms with van der Waals surface area (Å²) in [7, 11) is 1.83. The van der Waals surface area contributed by atoms with Crippen LogP contribution in [0.2, 0.25) is 0 Å². The van der Waals surface area contributed by atoms with Gasteiger partial charge in [-0.3, -0.25) is 9.59 Å². The minimum Gasteiger partial charge on any atom is -0.481 e. The number of hydrogen-bond donors (Lipinski definition) is 1. The molecular weight excluding hydrogens is 232 g/mol. The van der Waals surface area contributed by atoms with Crippen molar-refractivity contribution in [2.24, 2.45) is 7.05 Å². The molecule has 0 bridgehead atoms. The van der Waals surface area contributed by atoms with Gasteiger partial charge in [0, 0.05) is 25.3 Å². The predicted molar refractivity (Wildman–Crippen MR) is 68.6 cm³/mol. The molecule has 0 unspecified atom stereocenters. The van der Waals surface area contributed by atoms with Crippen LogP contribution in [0.15, 0.2) is 12.1 Å². The van der Waals surface area contributed by atoms with Gasteiger partial charge in [-0.05, 0) is 32.9 Å². The van der Waals surface area contributed by atoms with Crippen molar-refractivity contribution in [1.82, 2.24) is 9.47 Å². The van der Waals surface area contributed by atoms with E-state index in [1.807, 2.05) is 38.5 Å². The predicted octanol–water partition coefficient (Wildman–Crippen LogP) is 1.66. The van der Waals surface area contributed by atoms with Gasteiger partial charge in [-0.15, -0.1) is 0 Å². The first kappa shape index (κ1) is 14.3. The zero-order chi connectivity index (χ0) is 13.9. The Kier molecular flexibility index (Phi) is 4.53. The zero-order valence-corrected chi connectivity index (χ0v) is 11.3. The maximum Gasteiger partial charge on any atom is 0.305 e. The van der Waals surface area contributed by atoms with Gasteiger partial charge in [0.1, 0.15) is 5.69 Å². The molecule has 0 radical (unpaired) electrons. The highest BCUT2D eigenvalue weighted by Crippen LogP contribution is 2.12. The fourth-order valence-corrected chi connectivity index (χ4v) is 1.79. The van der Waals surface area contributed by atoms with Gasteiger partial charge < -0.3 is 14.6 Å². The van der Waals surface area contributed by atoms with Crippen LogP contribution in [-0.2, 0) is 11.8 Å². The van der Waals surface area contributed by atoms with E-state index in [1.165, 1.54) is 0 Å². The van der Waals surface area contributed by atoms with E-state index in [4.69, 9.17) is 5.11 Å². The van der Waals surface area contributed by atoms with Crippen molar-refractivity contribution in [2.75, 3.05) is 6.54 Å². The molecule has 0 aliphatic heterocycles. The van der Waals surface area contributed by atoms with Gasteiger partial charge in [-0.2, -0.15) is 0 Å². The summed E-state index contributed by atoms with van der Waals surface area (Å²) in [6.45, 7) is 5.93. The van der Waals surface area contributed by atoms with Gasteiger partial charge >= 0.3 is 5.97 Å². The van der Waals surface area contributed by atoms with Crippen molar-refractivity contribution < 1.29 is 14.7 Å².